The van der Waals surface area contributed by atoms with Gasteiger partial charge in [0.15, 0.2) is 0 Å². The zero-order valence-electron chi connectivity index (χ0n) is 13.1. The Hall–Kier alpha value is -0.770. The monoisotopic (exact) mass is 310 g/mol. The summed E-state index contributed by atoms with van der Waals surface area (Å²) in [6, 6.07) is 6.59. The lowest BCUT2D eigenvalue weighted by Crippen LogP contribution is -2.44. The van der Waals surface area contributed by atoms with E-state index in [0.717, 1.165) is 22.9 Å². The number of rotatable bonds is 6. The minimum absolute atomic E-state index is 0.144. The summed E-state index contributed by atoms with van der Waals surface area (Å²) in [5.74, 6) is 0.846. The average Bonchev–Trinajstić information content (AvgIpc) is 2.51. The van der Waals surface area contributed by atoms with Gasteiger partial charge in [0, 0.05) is 23.2 Å². The van der Waals surface area contributed by atoms with E-state index in [2.05, 4.69) is 11.8 Å². The lowest BCUT2D eigenvalue weighted by molar-refractivity contribution is 0.0899. The molecular weight excluding hydrogens is 284 g/mol. The molecule has 1 aliphatic rings. The normalized spacial score (nSPS) is 21.2. The molecule has 1 fully saturated rings. The van der Waals surface area contributed by atoms with Crippen molar-refractivity contribution in [3.8, 4) is 5.75 Å². The Labute approximate surface area is 133 Å². The van der Waals surface area contributed by atoms with Crippen LogP contribution in [0.1, 0.15) is 50.6 Å². The lowest BCUT2D eigenvalue weighted by atomic mass is 9.93. The summed E-state index contributed by atoms with van der Waals surface area (Å²) in [6.45, 7) is 3.92. The molecule has 0 radical (unpaired) electrons. The number of halogens is 1. The molecule has 0 bridgehead atoms. The summed E-state index contributed by atoms with van der Waals surface area (Å²) < 4.78 is 5.53. The molecule has 1 heterocycles. The smallest absolute Gasteiger partial charge is 0.125 e. The van der Waals surface area contributed by atoms with Gasteiger partial charge in [-0.1, -0.05) is 37.4 Å². The molecule has 4 heteroatoms. The Morgan fingerprint density at radius 3 is 2.90 bits per heavy atom. The van der Waals surface area contributed by atoms with Crippen LogP contribution in [0.4, 0.5) is 0 Å². The second kappa shape index (κ2) is 8.02. The van der Waals surface area contributed by atoms with Crippen LogP contribution in [0.5, 0.6) is 5.75 Å². The first-order valence-corrected chi connectivity index (χ1v) is 8.38. The SMILES string of the molecule is CCCC1CCCCN1C(CN)c1c(Cl)cccc1OC. The first kappa shape index (κ1) is 16.6. The molecule has 0 spiro atoms. The molecule has 21 heavy (non-hydrogen) atoms. The van der Waals surface area contributed by atoms with Crippen LogP contribution in [0.25, 0.3) is 0 Å². The van der Waals surface area contributed by atoms with Crippen molar-refractivity contribution in [3.63, 3.8) is 0 Å². The highest BCUT2D eigenvalue weighted by atomic mass is 35.5. The molecule has 0 amide bonds. The third-order valence-corrected chi connectivity index (χ3v) is 4.81. The highest BCUT2D eigenvalue weighted by Gasteiger charge is 2.31. The summed E-state index contributed by atoms with van der Waals surface area (Å²) in [6.07, 6.45) is 6.25. The van der Waals surface area contributed by atoms with Crippen LogP contribution in [-0.4, -0.2) is 31.1 Å². The van der Waals surface area contributed by atoms with Crippen LogP contribution in [0.2, 0.25) is 5.02 Å². The molecule has 2 N–H and O–H groups in total. The summed E-state index contributed by atoms with van der Waals surface area (Å²) in [5.41, 5.74) is 7.18. The van der Waals surface area contributed by atoms with E-state index in [-0.39, 0.29) is 6.04 Å². The van der Waals surface area contributed by atoms with Crippen LogP contribution in [-0.2, 0) is 0 Å². The van der Waals surface area contributed by atoms with Crippen molar-refractivity contribution < 1.29 is 4.74 Å². The maximum absolute atomic E-state index is 6.46. The zero-order chi connectivity index (χ0) is 15.2. The van der Waals surface area contributed by atoms with Gasteiger partial charge in [-0.15, -0.1) is 0 Å². The van der Waals surface area contributed by atoms with Crippen molar-refractivity contribution in [2.75, 3.05) is 20.2 Å². The Kier molecular flexibility index (Phi) is 6.34. The standard InChI is InChI=1S/C17H27ClN2O/c1-3-7-13-8-4-5-11-20(13)15(12-19)17-14(18)9-6-10-16(17)21-2/h6,9-10,13,15H,3-5,7-8,11-12,19H2,1-2H3. The van der Waals surface area contributed by atoms with Gasteiger partial charge in [-0.25, -0.2) is 0 Å². The Balaban J connectivity index is 2.33. The van der Waals surface area contributed by atoms with E-state index < -0.39 is 0 Å². The Bertz CT molecular complexity index is 450. The predicted octanol–water partition coefficient (Wildman–Crippen LogP) is 4.00. The molecule has 1 aromatic carbocycles. The van der Waals surface area contributed by atoms with Crippen molar-refractivity contribution >= 4 is 11.6 Å². The fraction of sp³-hybridized carbons (Fsp3) is 0.647. The van der Waals surface area contributed by atoms with E-state index in [4.69, 9.17) is 22.1 Å². The lowest BCUT2D eigenvalue weighted by Gasteiger charge is -2.41. The number of benzene rings is 1. The molecule has 1 saturated heterocycles. The second-order valence-corrected chi connectivity index (χ2v) is 6.19. The number of nitrogens with zero attached hydrogens (tertiary/aromatic N) is 1. The van der Waals surface area contributed by atoms with Gasteiger partial charge in [-0.05, 0) is 37.9 Å². The Morgan fingerprint density at radius 2 is 2.24 bits per heavy atom. The van der Waals surface area contributed by atoms with E-state index in [0.29, 0.717) is 12.6 Å². The number of hydrogen-bond acceptors (Lipinski definition) is 3. The summed E-state index contributed by atoms with van der Waals surface area (Å²) in [7, 11) is 1.70. The Morgan fingerprint density at radius 1 is 1.43 bits per heavy atom. The minimum Gasteiger partial charge on any atom is -0.496 e. The van der Waals surface area contributed by atoms with Crippen molar-refractivity contribution in [2.45, 2.75) is 51.1 Å². The molecule has 118 valence electrons. The quantitative estimate of drug-likeness (QED) is 0.863. The van der Waals surface area contributed by atoms with Crippen LogP contribution in [0, 0.1) is 0 Å². The number of hydrogen-bond donors (Lipinski definition) is 1. The fourth-order valence-electron chi connectivity index (χ4n) is 3.51. The topological polar surface area (TPSA) is 38.5 Å². The van der Waals surface area contributed by atoms with E-state index in [1.165, 1.54) is 32.1 Å². The molecule has 0 saturated carbocycles. The molecule has 2 unspecified atom stereocenters. The van der Waals surface area contributed by atoms with E-state index in [9.17, 15) is 0 Å². The van der Waals surface area contributed by atoms with Crippen molar-refractivity contribution in [3.05, 3.63) is 28.8 Å². The summed E-state index contributed by atoms with van der Waals surface area (Å²) in [5, 5.41) is 0.755. The highest BCUT2D eigenvalue weighted by molar-refractivity contribution is 6.31. The number of likely N-dealkylation sites (tertiary alicyclic amines) is 1. The summed E-state index contributed by atoms with van der Waals surface area (Å²) in [4.78, 5) is 2.55. The van der Waals surface area contributed by atoms with Gasteiger partial charge in [0.25, 0.3) is 0 Å². The van der Waals surface area contributed by atoms with E-state index in [1.54, 1.807) is 7.11 Å². The van der Waals surface area contributed by atoms with Crippen LogP contribution in [0.15, 0.2) is 18.2 Å². The zero-order valence-corrected chi connectivity index (χ0v) is 13.9. The maximum Gasteiger partial charge on any atom is 0.125 e. The highest BCUT2D eigenvalue weighted by Crippen LogP contribution is 2.38. The van der Waals surface area contributed by atoms with Gasteiger partial charge in [-0.2, -0.15) is 0 Å². The molecule has 0 aromatic heterocycles. The minimum atomic E-state index is 0.144. The van der Waals surface area contributed by atoms with Gasteiger partial charge < -0.3 is 10.5 Å². The third kappa shape index (κ3) is 3.71. The number of methoxy groups -OCH3 is 1. The van der Waals surface area contributed by atoms with Crippen molar-refractivity contribution in [2.24, 2.45) is 5.73 Å². The van der Waals surface area contributed by atoms with Gasteiger partial charge in [-0.3, -0.25) is 4.90 Å². The summed E-state index contributed by atoms with van der Waals surface area (Å²) >= 11 is 6.46. The van der Waals surface area contributed by atoms with Crippen molar-refractivity contribution in [1.29, 1.82) is 0 Å². The van der Waals surface area contributed by atoms with Crippen LogP contribution < -0.4 is 10.5 Å². The molecule has 0 aliphatic carbocycles. The molecule has 1 aliphatic heterocycles. The average molecular weight is 311 g/mol. The molecule has 3 nitrogen and oxygen atoms in total. The van der Waals surface area contributed by atoms with E-state index in [1.807, 2.05) is 18.2 Å². The van der Waals surface area contributed by atoms with Crippen LogP contribution in [0.3, 0.4) is 0 Å². The first-order valence-electron chi connectivity index (χ1n) is 8.01. The number of piperidine rings is 1. The van der Waals surface area contributed by atoms with Gasteiger partial charge in [0.1, 0.15) is 5.75 Å². The number of ether oxygens (including phenoxy) is 1. The third-order valence-electron chi connectivity index (χ3n) is 4.48. The van der Waals surface area contributed by atoms with Gasteiger partial charge >= 0.3 is 0 Å². The van der Waals surface area contributed by atoms with Crippen LogP contribution >= 0.6 is 11.6 Å². The van der Waals surface area contributed by atoms with Gasteiger partial charge in [0.05, 0.1) is 13.2 Å². The molecule has 2 atom stereocenters. The largest absolute Gasteiger partial charge is 0.496 e. The first-order chi connectivity index (χ1) is 10.2. The second-order valence-electron chi connectivity index (χ2n) is 5.78. The van der Waals surface area contributed by atoms with Crippen molar-refractivity contribution in [1.82, 2.24) is 4.90 Å². The molecule has 1 aromatic rings. The predicted molar refractivity (Wildman–Crippen MR) is 89.1 cm³/mol. The maximum atomic E-state index is 6.46. The van der Waals surface area contributed by atoms with E-state index >= 15 is 0 Å². The van der Waals surface area contributed by atoms with Gasteiger partial charge in [0.2, 0.25) is 0 Å². The number of nitrogens with two attached hydrogens (primary N) is 1. The molecular formula is C17H27ClN2O. The molecule has 2 rings (SSSR count). The fourth-order valence-corrected chi connectivity index (χ4v) is 3.81.